The van der Waals surface area contributed by atoms with Crippen LogP contribution in [0.25, 0.3) is 0 Å². The fourth-order valence-corrected chi connectivity index (χ4v) is 2.67. The lowest BCUT2D eigenvalue weighted by atomic mass is 9.94. The number of carbonyl (C=O) groups is 2. The Morgan fingerprint density at radius 3 is 2.69 bits per heavy atom. The van der Waals surface area contributed by atoms with E-state index in [4.69, 9.17) is 19.3 Å². The van der Waals surface area contributed by atoms with Crippen molar-refractivity contribution in [2.24, 2.45) is 5.92 Å². The second-order valence-electron chi connectivity index (χ2n) is 5.88. The van der Waals surface area contributed by atoms with Gasteiger partial charge in [0.2, 0.25) is 0 Å². The third-order valence-electron chi connectivity index (χ3n) is 3.85. The molecule has 10 heteroatoms. The Labute approximate surface area is 149 Å². The zero-order chi connectivity index (χ0) is 18.9. The molecular weight excluding hydrogens is 348 g/mol. The van der Waals surface area contributed by atoms with E-state index in [1.165, 1.54) is 24.3 Å². The summed E-state index contributed by atoms with van der Waals surface area (Å²) in [5, 5.41) is 21.8. The van der Waals surface area contributed by atoms with Crippen LogP contribution in [0, 0.1) is 16.0 Å². The third-order valence-corrected chi connectivity index (χ3v) is 3.85. The summed E-state index contributed by atoms with van der Waals surface area (Å²) in [5.41, 5.74) is -0.133. The summed E-state index contributed by atoms with van der Waals surface area (Å²) in [7, 11) is 0. The number of nitro groups is 1. The Balaban J connectivity index is 1.82. The predicted molar refractivity (Wildman–Crippen MR) is 88.2 cm³/mol. The quantitative estimate of drug-likeness (QED) is 0.324. The van der Waals surface area contributed by atoms with E-state index in [0.717, 1.165) is 12.8 Å². The molecule has 1 aromatic rings. The Morgan fingerprint density at radius 1 is 1.38 bits per heavy atom. The number of carboxylic acid groups (broad SMARTS) is 1. The van der Waals surface area contributed by atoms with Crippen LogP contribution in [0.5, 0.6) is 5.75 Å². The highest BCUT2D eigenvalue weighted by atomic mass is 16.7. The normalized spacial score (nSPS) is 17.8. The smallest absolute Gasteiger partial charge is 0.465 e. The van der Waals surface area contributed by atoms with Crippen LogP contribution in [-0.4, -0.2) is 48.1 Å². The number of benzene rings is 1. The van der Waals surface area contributed by atoms with Gasteiger partial charge < -0.3 is 24.6 Å². The number of nitro benzene ring substituents is 1. The van der Waals surface area contributed by atoms with Crippen molar-refractivity contribution in [1.82, 2.24) is 5.32 Å². The number of nitrogens with one attached hydrogen (secondary N) is 1. The number of ether oxygens (including phenoxy) is 3. The highest BCUT2D eigenvalue weighted by Crippen LogP contribution is 2.20. The number of amides is 1. The molecule has 1 amide bonds. The van der Waals surface area contributed by atoms with Crippen LogP contribution < -0.4 is 10.1 Å². The van der Waals surface area contributed by atoms with Crippen molar-refractivity contribution in [3.05, 3.63) is 34.4 Å². The molecule has 1 aliphatic rings. The number of non-ortho nitro benzene ring substituents is 1. The average Bonchev–Trinajstić information content (AvgIpc) is 2.60. The number of rotatable bonds is 7. The average molecular weight is 368 g/mol. The third kappa shape index (κ3) is 6.55. The molecular formula is C16H20N2O8. The van der Waals surface area contributed by atoms with Crippen LogP contribution in [0.2, 0.25) is 0 Å². The minimum atomic E-state index is -1.21. The van der Waals surface area contributed by atoms with Gasteiger partial charge in [-0.25, -0.2) is 9.59 Å². The fraction of sp³-hybridized carbons (Fsp3) is 0.500. The van der Waals surface area contributed by atoms with Crippen LogP contribution in [0.4, 0.5) is 15.3 Å². The van der Waals surface area contributed by atoms with Gasteiger partial charge in [-0.1, -0.05) is 0 Å². The van der Waals surface area contributed by atoms with Gasteiger partial charge in [0.05, 0.1) is 11.0 Å². The van der Waals surface area contributed by atoms with Gasteiger partial charge >= 0.3 is 12.2 Å². The molecule has 2 rings (SSSR count). The maximum absolute atomic E-state index is 11.7. The van der Waals surface area contributed by atoms with Gasteiger partial charge in [-0.15, -0.1) is 0 Å². The highest BCUT2D eigenvalue weighted by molar-refractivity contribution is 5.65. The molecule has 0 bridgehead atoms. The van der Waals surface area contributed by atoms with Crippen molar-refractivity contribution < 1.29 is 33.8 Å². The maximum Gasteiger partial charge on any atom is 0.513 e. The fourth-order valence-electron chi connectivity index (χ4n) is 2.67. The Morgan fingerprint density at radius 2 is 2.12 bits per heavy atom. The van der Waals surface area contributed by atoms with E-state index in [-0.39, 0.29) is 24.0 Å². The minimum Gasteiger partial charge on any atom is -0.465 e. The molecule has 2 N–H and O–H groups in total. The van der Waals surface area contributed by atoms with Gasteiger partial charge in [0.15, 0.2) is 0 Å². The molecule has 142 valence electrons. The Bertz CT molecular complexity index is 628. The monoisotopic (exact) mass is 368 g/mol. The van der Waals surface area contributed by atoms with Crippen molar-refractivity contribution in [2.75, 3.05) is 19.8 Å². The highest BCUT2D eigenvalue weighted by Gasteiger charge is 2.22. The van der Waals surface area contributed by atoms with E-state index in [1.54, 1.807) is 0 Å². The van der Waals surface area contributed by atoms with Crippen molar-refractivity contribution in [1.29, 1.82) is 0 Å². The summed E-state index contributed by atoms with van der Waals surface area (Å²) < 4.78 is 15.2. The first-order valence-corrected chi connectivity index (χ1v) is 8.10. The van der Waals surface area contributed by atoms with E-state index in [9.17, 15) is 19.7 Å². The lowest BCUT2D eigenvalue weighted by Crippen LogP contribution is -2.40. The standard InChI is InChI=1S/C16H20N2O8/c19-15(20)17-12(8-11-2-1-7-24-9-11)10-25-16(21)26-14-5-3-13(4-6-14)18(22)23/h3-6,11-12,17H,1-2,7-10H2,(H,19,20)/t11-,12+/m1/s1. The van der Waals surface area contributed by atoms with Crippen LogP contribution in [0.15, 0.2) is 24.3 Å². The van der Waals surface area contributed by atoms with Crippen molar-refractivity contribution in [3.8, 4) is 5.75 Å². The predicted octanol–water partition coefficient (Wildman–Crippen LogP) is 2.56. The Kier molecular flexibility index (Phi) is 7.15. The van der Waals surface area contributed by atoms with Gasteiger partial charge in [-0.3, -0.25) is 10.1 Å². The number of hydrogen-bond donors (Lipinski definition) is 2. The second-order valence-corrected chi connectivity index (χ2v) is 5.88. The van der Waals surface area contributed by atoms with Gasteiger partial charge in [0.25, 0.3) is 5.69 Å². The first kappa shape index (κ1) is 19.4. The molecule has 0 unspecified atom stereocenters. The van der Waals surface area contributed by atoms with Crippen LogP contribution in [0.3, 0.4) is 0 Å². The summed E-state index contributed by atoms with van der Waals surface area (Å²) >= 11 is 0. The van der Waals surface area contributed by atoms with Gasteiger partial charge in [-0.05, 0) is 37.3 Å². The number of carbonyl (C=O) groups excluding carboxylic acids is 1. The summed E-state index contributed by atoms with van der Waals surface area (Å²) in [5.74, 6) is 0.277. The van der Waals surface area contributed by atoms with Crippen molar-refractivity contribution in [2.45, 2.75) is 25.3 Å². The first-order valence-electron chi connectivity index (χ1n) is 8.10. The SMILES string of the molecule is O=C(O)N[C@H](COC(=O)Oc1ccc([N+](=O)[O-])cc1)C[C@H]1CCCOC1. The molecule has 2 atom stereocenters. The molecule has 1 aliphatic heterocycles. The van der Waals surface area contributed by atoms with Crippen molar-refractivity contribution >= 4 is 17.9 Å². The van der Waals surface area contributed by atoms with Crippen LogP contribution in [0.1, 0.15) is 19.3 Å². The lowest BCUT2D eigenvalue weighted by Gasteiger charge is -2.26. The summed E-state index contributed by atoms with van der Waals surface area (Å²) in [6.07, 6.45) is 0.0883. The van der Waals surface area contributed by atoms with Crippen LogP contribution in [-0.2, 0) is 9.47 Å². The molecule has 1 heterocycles. The molecule has 0 spiro atoms. The van der Waals surface area contributed by atoms with Crippen LogP contribution >= 0.6 is 0 Å². The van der Waals surface area contributed by atoms with E-state index < -0.39 is 23.2 Å². The van der Waals surface area contributed by atoms with E-state index in [0.29, 0.717) is 19.6 Å². The molecule has 0 aromatic heterocycles. The zero-order valence-electron chi connectivity index (χ0n) is 14.0. The molecule has 26 heavy (non-hydrogen) atoms. The van der Waals surface area contributed by atoms with Gasteiger partial charge in [-0.2, -0.15) is 0 Å². The molecule has 0 aliphatic carbocycles. The Hall–Kier alpha value is -2.88. The summed E-state index contributed by atoms with van der Waals surface area (Å²) in [6, 6.07) is 4.35. The van der Waals surface area contributed by atoms with E-state index in [1.807, 2.05) is 0 Å². The zero-order valence-corrected chi connectivity index (χ0v) is 14.0. The first-order chi connectivity index (χ1) is 12.4. The van der Waals surface area contributed by atoms with Gasteiger partial charge in [0.1, 0.15) is 12.4 Å². The van der Waals surface area contributed by atoms with Crippen molar-refractivity contribution in [3.63, 3.8) is 0 Å². The molecule has 1 saturated heterocycles. The van der Waals surface area contributed by atoms with E-state index >= 15 is 0 Å². The molecule has 0 saturated carbocycles. The number of hydrogen-bond acceptors (Lipinski definition) is 7. The summed E-state index contributed by atoms with van der Waals surface area (Å²) in [6.45, 7) is 1.06. The van der Waals surface area contributed by atoms with Gasteiger partial charge in [0, 0.05) is 25.3 Å². The topological polar surface area (TPSA) is 137 Å². The largest absolute Gasteiger partial charge is 0.513 e. The molecule has 0 radical (unpaired) electrons. The maximum atomic E-state index is 11.7. The second kappa shape index (κ2) is 9.56. The molecule has 10 nitrogen and oxygen atoms in total. The summed E-state index contributed by atoms with van der Waals surface area (Å²) in [4.78, 5) is 32.6. The molecule has 1 fully saturated rings. The number of nitrogens with zero attached hydrogens (tertiary/aromatic N) is 1. The van der Waals surface area contributed by atoms with E-state index in [2.05, 4.69) is 5.32 Å². The minimum absolute atomic E-state index is 0.0871. The lowest BCUT2D eigenvalue weighted by molar-refractivity contribution is -0.384. The molecule has 1 aromatic carbocycles.